The van der Waals surface area contributed by atoms with Gasteiger partial charge in [0.15, 0.2) is 0 Å². The predicted octanol–water partition coefficient (Wildman–Crippen LogP) is 1.38. The van der Waals surface area contributed by atoms with Crippen LogP contribution in [0.2, 0.25) is 0 Å². The number of aryl methyl sites for hydroxylation is 2. The molecule has 2 rings (SSSR count). The molecule has 0 amide bonds. The summed E-state index contributed by atoms with van der Waals surface area (Å²) in [5, 5.41) is 3.08. The molecule has 1 aliphatic rings. The monoisotopic (exact) mass is 296 g/mol. The zero-order chi connectivity index (χ0) is 11.9. The number of thiophene rings is 1. The van der Waals surface area contributed by atoms with Crippen LogP contribution >= 0.6 is 23.7 Å². The Morgan fingerprint density at radius 1 is 1.41 bits per heavy atom. The van der Waals surface area contributed by atoms with Crippen molar-refractivity contribution in [2.24, 2.45) is 0 Å². The van der Waals surface area contributed by atoms with Crippen LogP contribution in [0.5, 0.6) is 0 Å². The van der Waals surface area contributed by atoms with Crippen molar-refractivity contribution in [1.29, 1.82) is 0 Å². The third-order valence-corrected chi connectivity index (χ3v) is 6.56. The summed E-state index contributed by atoms with van der Waals surface area (Å²) in [6, 6.07) is 2.02. The van der Waals surface area contributed by atoms with Crippen molar-refractivity contribution >= 4 is 33.8 Å². The Hall–Kier alpha value is -0.140. The van der Waals surface area contributed by atoms with Crippen LogP contribution in [-0.2, 0) is 10.0 Å². The van der Waals surface area contributed by atoms with Crippen LogP contribution in [0.3, 0.4) is 0 Å². The lowest BCUT2D eigenvalue weighted by Crippen LogP contribution is -2.57. The molecule has 0 radical (unpaired) electrons. The number of hydrogen-bond donors (Lipinski definition) is 1. The molecule has 1 aromatic rings. The van der Waals surface area contributed by atoms with Gasteiger partial charge in [-0.1, -0.05) is 0 Å². The van der Waals surface area contributed by atoms with Crippen LogP contribution in [0.15, 0.2) is 10.3 Å². The van der Waals surface area contributed by atoms with E-state index in [1.54, 1.807) is 7.05 Å². The number of rotatable bonds is 3. The summed E-state index contributed by atoms with van der Waals surface area (Å²) in [5.74, 6) is 0. The van der Waals surface area contributed by atoms with Crippen LogP contribution in [0.25, 0.3) is 0 Å². The van der Waals surface area contributed by atoms with Crippen LogP contribution < -0.4 is 5.32 Å². The van der Waals surface area contributed by atoms with Gasteiger partial charge in [-0.25, -0.2) is 8.42 Å². The van der Waals surface area contributed by atoms with E-state index in [2.05, 4.69) is 5.32 Å². The molecule has 0 atom stereocenters. The van der Waals surface area contributed by atoms with Crippen molar-refractivity contribution < 1.29 is 8.42 Å². The third kappa shape index (κ3) is 2.66. The summed E-state index contributed by atoms with van der Waals surface area (Å²) in [7, 11) is -1.64. The van der Waals surface area contributed by atoms with Gasteiger partial charge in [-0.15, -0.1) is 23.7 Å². The largest absolute Gasteiger partial charge is 0.313 e. The second-order valence-corrected chi connectivity index (χ2v) is 7.61. The van der Waals surface area contributed by atoms with Crippen molar-refractivity contribution in [1.82, 2.24) is 9.62 Å². The molecule has 0 saturated carbocycles. The number of nitrogens with one attached hydrogen (secondary N) is 1. The number of nitrogens with zero attached hydrogens (tertiary/aromatic N) is 1. The van der Waals surface area contributed by atoms with Gasteiger partial charge >= 0.3 is 0 Å². The molecule has 17 heavy (non-hydrogen) atoms. The highest BCUT2D eigenvalue weighted by molar-refractivity contribution is 7.91. The molecule has 1 saturated heterocycles. The maximum atomic E-state index is 12.3. The molecule has 1 N–H and O–H groups in total. The number of halogens is 1. The highest BCUT2D eigenvalue weighted by atomic mass is 35.5. The molecule has 2 heterocycles. The van der Waals surface area contributed by atoms with Crippen molar-refractivity contribution in [2.75, 3.05) is 20.1 Å². The molecular weight excluding hydrogens is 280 g/mol. The van der Waals surface area contributed by atoms with Crippen molar-refractivity contribution in [2.45, 2.75) is 24.1 Å². The fourth-order valence-electron chi connectivity index (χ4n) is 1.73. The Morgan fingerprint density at radius 2 is 2.00 bits per heavy atom. The Balaban J connectivity index is 0.00000144. The summed E-state index contributed by atoms with van der Waals surface area (Å²) >= 11 is 1.35. The highest BCUT2D eigenvalue weighted by Gasteiger charge is 2.33. The number of hydrogen-bond acceptors (Lipinski definition) is 4. The molecule has 0 aromatic carbocycles. The minimum atomic E-state index is -3.30. The summed E-state index contributed by atoms with van der Waals surface area (Å²) in [6.45, 7) is 5.28. The molecule has 4 nitrogen and oxygen atoms in total. The quantitative estimate of drug-likeness (QED) is 0.917. The first kappa shape index (κ1) is 14.9. The summed E-state index contributed by atoms with van der Waals surface area (Å²) in [6.07, 6.45) is 0. The lowest BCUT2D eigenvalue weighted by atomic mass is 10.2. The molecule has 0 bridgehead atoms. The average Bonchev–Trinajstić information content (AvgIpc) is 2.42. The molecule has 1 fully saturated rings. The van der Waals surface area contributed by atoms with E-state index in [9.17, 15) is 8.42 Å². The van der Waals surface area contributed by atoms with Gasteiger partial charge in [0.25, 0.3) is 10.0 Å². The minimum absolute atomic E-state index is 0. The van der Waals surface area contributed by atoms with Gasteiger partial charge in [0, 0.05) is 31.1 Å². The lowest BCUT2D eigenvalue weighted by molar-refractivity contribution is 0.274. The molecular formula is C10H17ClN2O2S2. The van der Waals surface area contributed by atoms with Crippen LogP contribution in [0, 0.1) is 13.8 Å². The van der Waals surface area contributed by atoms with Gasteiger partial charge in [-0.3, -0.25) is 0 Å². The first-order chi connectivity index (χ1) is 7.43. The zero-order valence-corrected chi connectivity index (χ0v) is 12.5. The van der Waals surface area contributed by atoms with Gasteiger partial charge in [0.2, 0.25) is 0 Å². The van der Waals surface area contributed by atoms with Crippen LogP contribution in [0.4, 0.5) is 0 Å². The van der Waals surface area contributed by atoms with Gasteiger partial charge in [0.1, 0.15) is 4.21 Å². The van der Waals surface area contributed by atoms with E-state index in [1.807, 2.05) is 19.9 Å². The van der Waals surface area contributed by atoms with Crippen molar-refractivity contribution in [3.05, 3.63) is 16.5 Å². The highest BCUT2D eigenvalue weighted by Crippen LogP contribution is 2.29. The van der Waals surface area contributed by atoms with E-state index >= 15 is 0 Å². The van der Waals surface area contributed by atoms with E-state index in [4.69, 9.17) is 0 Å². The van der Waals surface area contributed by atoms with E-state index in [0.29, 0.717) is 4.21 Å². The lowest BCUT2D eigenvalue weighted by Gasteiger charge is -2.34. The molecule has 0 spiro atoms. The van der Waals surface area contributed by atoms with Gasteiger partial charge in [-0.2, -0.15) is 4.31 Å². The van der Waals surface area contributed by atoms with Crippen LogP contribution in [-0.4, -0.2) is 38.9 Å². The second kappa shape index (κ2) is 5.24. The Kier molecular flexibility index (Phi) is 4.60. The Labute approximate surface area is 112 Å². The molecule has 0 aliphatic carbocycles. The Bertz CT molecular complexity index is 494. The average molecular weight is 297 g/mol. The van der Waals surface area contributed by atoms with Gasteiger partial charge < -0.3 is 5.32 Å². The van der Waals surface area contributed by atoms with Crippen molar-refractivity contribution in [3.63, 3.8) is 0 Å². The smallest absolute Gasteiger partial charge is 0.252 e. The molecule has 98 valence electrons. The van der Waals surface area contributed by atoms with Gasteiger partial charge in [-0.05, 0) is 25.5 Å². The van der Waals surface area contributed by atoms with Gasteiger partial charge in [0.05, 0.1) is 0 Å². The zero-order valence-electron chi connectivity index (χ0n) is 10.1. The normalized spacial score (nSPS) is 16.7. The summed E-state index contributed by atoms with van der Waals surface area (Å²) in [5.41, 5.74) is 0.849. The standard InChI is InChI=1S/C10H16N2O2S2.ClH/c1-7-4-8(2)15-10(7)16(13,14)12(3)9-5-11-6-9;/h4,9,11H,5-6H2,1-3H3;1H. The van der Waals surface area contributed by atoms with E-state index in [-0.39, 0.29) is 18.4 Å². The summed E-state index contributed by atoms with van der Waals surface area (Å²) in [4.78, 5) is 1.04. The second-order valence-electron chi connectivity index (χ2n) is 4.16. The molecule has 0 unspecified atom stereocenters. The SMILES string of the molecule is Cc1cc(C)c(S(=O)(=O)N(C)C2CNC2)s1.Cl. The maximum Gasteiger partial charge on any atom is 0.252 e. The van der Waals surface area contributed by atoms with E-state index in [1.165, 1.54) is 15.6 Å². The summed E-state index contributed by atoms with van der Waals surface area (Å²) < 4.78 is 26.6. The van der Waals surface area contributed by atoms with E-state index < -0.39 is 10.0 Å². The fraction of sp³-hybridized carbons (Fsp3) is 0.600. The first-order valence-electron chi connectivity index (χ1n) is 5.18. The molecule has 7 heteroatoms. The predicted molar refractivity (Wildman–Crippen MR) is 72.6 cm³/mol. The first-order valence-corrected chi connectivity index (χ1v) is 7.44. The third-order valence-electron chi connectivity index (χ3n) is 2.88. The van der Waals surface area contributed by atoms with E-state index in [0.717, 1.165) is 23.5 Å². The number of likely N-dealkylation sites (N-methyl/N-ethyl adjacent to an activating group) is 1. The van der Waals surface area contributed by atoms with Crippen molar-refractivity contribution in [3.8, 4) is 0 Å². The molecule has 1 aromatic heterocycles. The fourth-order valence-corrected chi connectivity index (χ4v) is 4.92. The maximum absolute atomic E-state index is 12.3. The number of sulfonamides is 1. The van der Waals surface area contributed by atoms with Crippen LogP contribution in [0.1, 0.15) is 10.4 Å². The minimum Gasteiger partial charge on any atom is -0.313 e. The topological polar surface area (TPSA) is 49.4 Å². The molecule has 1 aliphatic heterocycles. The Morgan fingerprint density at radius 3 is 2.35 bits per heavy atom.